The normalized spacial score (nSPS) is 15.1. The minimum atomic E-state index is -1.03. The molecule has 1 amide bonds. The first-order chi connectivity index (χ1) is 18.5. The second-order valence-corrected chi connectivity index (χ2v) is 9.03. The van der Waals surface area contributed by atoms with Crippen molar-refractivity contribution in [2.45, 2.75) is 18.9 Å². The molecule has 0 radical (unpaired) electrons. The molecule has 196 valence electrons. The van der Waals surface area contributed by atoms with E-state index in [-0.39, 0.29) is 30.1 Å². The summed E-state index contributed by atoms with van der Waals surface area (Å²) in [5.41, 5.74) is 2.47. The Hall–Kier alpha value is -4.51. The minimum absolute atomic E-state index is 0.00800. The smallest absolute Gasteiger partial charge is 0.322 e. The molecule has 3 N–H and O–H groups in total. The number of H-pyrrole nitrogens is 1. The average Bonchev–Trinajstić information content (AvgIpc) is 3.59. The number of hydrogen-bond donors (Lipinski definition) is 3. The fraction of sp³-hybridized carbons (Fsp3) is 0.296. The lowest BCUT2D eigenvalue weighted by Crippen LogP contribution is -2.31. The Kier molecular flexibility index (Phi) is 7.18. The summed E-state index contributed by atoms with van der Waals surface area (Å²) in [4.78, 5) is 33.6. The zero-order valence-corrected chi connectivity index (χ0v) is 21.1. The van der Waals surface area contributed by atoms with Crippen LogP contribution in [0.2, 0.25) is 0 Å². The van der Waals surface area contributed by atoms with Gasteiger partial charge in [0.05, 0.1) is 13.2 Å². The molecule has 0 bridgehead atoms. The molecule has 1 aliphatic heterocycles. The first kappa shape index (κ1) is 25.2. The van der Waals surface area contributed by atoms with Crippen molar-refractivity contribution in [3.8, 4) is 17.4 Å². The number of likely N-dealkylation sites (tertiary alicyclic amines) is 1. The number of carboxylic acids is 1. The second-order valence-electron chi connectivity index (χ2n) is 9.03. The van der Waals surface area contributed by atoms with E-state index in [0.29, 0.717) is 36.8 Å². The van der Waals surface area contributed by atoms with Gasteiger partial charge in [-0.3, -0.25) is 9.59 Å². The van der Waals surface area contributed by atoms with Crippen molar-refractivity contribution in [2.24, 2.45) is 0 Å². The molecule has 1 aliphatic rings. The predicted molar refractivity (Wildman–Crippen MR) is 140 cm³/mol. The highest BCUT2D eigenvalue weighted by molar-refractivity contribution is 5.93. The number of benzene rings is 2. The quantitative estimate of drug-likeness (QED) is 0.306. The van der Waals surface area contributed by atoms with Gasteiger partial charge in [-0.15, -0.1) is 10.2 Å². The van der Waals surface area contributed by atoms with Crippen LogP contribution >= 0.6 is 0 Å². The van der Waals surface area contributed by atoms with Gasteiger partial charge in [0, 0.05) is 26.6 Å². The molecule has 4 aromatic rings. The van der Waals surface area contributed by atoms with E-state index in [1.54, 1.807) is 18.1 Å². The number of nitrogens with one attached hydrogen (secondary N) is 2. The number of fused-ring (bicyclic) bond motifs is 1. The fourth-order valence-corrected chi connectivity index (χ4v) is 4.69. The van der Waals surface area contributed by atoms with E-state index in [0.717, 1.165) is 28.3 Å². The summed E-state index contributed by atoms with van der Waals surface area (Å²) < 4.78 is 10.7. The summed E-state index contributed by atoms with van der Waals surface area (Å²) in [6.45, 7) is 0.775. The van der Waals surface area contributed by atoms with E-state index in [2.05, 4.69) is 43.7 Å². The second kappa shape index (κ2) is 10.9. The van der Waals surface area contributed by atoms with Crippen LogP contribution in [0, 0.1) is 0 Å². The molecule has 2 aromatic carbocycles. The number of aliphatic carboxylic acids is 1. The summed E-state index contributed by atoms with van der Waals surface area (Å²) in [6, 6.07) is 15.9. The number of carbonyl (C=O) groups is 2. The van der Waals surface area contributed by atoms with E-state index in [1.165, 1.54) is 7.11 Å². The predicted octanol–water partition coefficient (Wildman–Crippen LogP) is 2.98. The van der Waals surface area contributed by atoms with Crippen molar-refractivity contribution >= 4 is 28.5 Å². The van der Waals surface area contributed by atoms with Crippen molar-refractivity contribution in [1.82, 2.24) is 25.1 Å². The SMILES string of the molecule is COc1nc(-c2nnc(C(=O)N3CCC(OC)C3)cc2Cc2cccc3ccccc23)[nH]c1NCC(=O)O. The lowest BCUT2D eigenvalue weighted by Gasteiger charge is -2.16. The largest absolute Gasteiger partial charge is 0.480 e. The Bertz CT molecular complexity index is 1480. The van der Waals surface area contributed by atoms with Crippen molar-refractivity contribution < 1.29 is 24.2 Å². The number of ether oxygens (including phenoxy) is 2. The standard InChI is InChI=1S/C27H28N6O5/c1-37-19-10-11-33(15-19)27(36)21-13-18(12-17-8-5-7-16-6-3-4-9-20(16)17)23(32-31-21)24-29-25(26(30-24)38-2)28-14-22(34)35/h3-9,13,19,28H,10-12,14-15H2,1-2H3,(H,29,30)(H,34,35). The fourth-order valence-electron chi connectivity index (χ4n) is 4.69. The lowest BCUT2D eigenvalue weighted by molar-refractivity contribution is -0.134. The molecule has 5 rings (SSSR count). The molecule has 1 unspecified atom stereocenters. The van der Waals surface area contributed by atoms with Gasteiger partial charge in [-0.2, -0.15) is 4.98 Å². The molecule has 11 nitrogen and oxygen atoms in total. The Labute approximate surface area is 218 Å². The number of nitrogens with zero attached hydrogens (tertiary/aromatic N) is 4. The average molecular weight is 517 g/mol. The van der Waals surface area contributed by atoms with E-state index in [1.807, 2.05) is 24.3 Å². The highest BCUT2D eigenvalue weighted by atomic mass is 16.5. The zero-order chi connectivity index (χ0) is 26.6. The maximum atomic E-state index is 13.3. The summed E-state index contributed by atoms with van der Waals surface area (Å²) in [7, 11) is 3.09. The van der Waals surface area contributed by atoms with Crippen LogP contribution < -0.4 is 10.1 Å². The molecule has 0 saturated carbocycles. The van der Waals surface area contributed by atoms with Crippen LogP contribution in [0.15, 0.2) is 48.5 Å². The summed E-state index contributed by atoms with van der Waals surface area (Å²) in [5.74, 6) is -0.381. The van der Waals surface area contributed by atoms with E-state index < -0.39 is 5.97 Å². The zero-order valence-electron chi connectivity index (χ0n) is 21.1. The lowest BCUT2D eigenvalue weighted by atomic mass is 9.97. The van der Waals surface area contributed by atoms with Crippen molar-refractivity contribution in [3.05, 3.63) is 65.4 Å². The van der Waals surface area contributed by atoms with Gasteiger partial charge in [-0.1, -0.05) is 42.5 Å². The van der Waals surface area contributed by atoms with Crippen LogP contribution in [0.25, 0.3) is 22.3 Å². The summed E-state index contributed by atoms with van der Waals surface area (Å²) >= 11 is 0. The molecule has 3 heterocycles. The molecular weight excluding hydrogens is 488 g/mol. The van der Waals surface area contributed by atoms with E-state index in [9.17, 15) is 9.59 Å². The minimum Gasteiger partial charge on any atom is -0.480 e. The van der Waals surface area contributed by atoms with Crippen LogP contribution in [-0.2, 0) is 16.0 Å². The van der Waals surface area contributed by atoms with Crippen LogP contribution in [0.3, 0.4) is 0 Å². The number of carboxylic acid groups (broad SMARTS) is 1. The first-order valence-electron chi connectivity index (χ1n) is 12.2. The molecule has 2 aromatic heterocycles. The maximum absolute atomic E-state index is 13.3. The Morgan fingerprint density at radius 2 is 1.95 bits per heavy atom. The molecule has 1 atom stereocenters. The van der Waals surface area contributed by atoms with Gasteiger partial charge < -0.3 is 29.8 Å². The van der Waals surface area contributed by atoms with Crippen LogP contribution in [0.5, 0.6) is 5.88 Å². The Morgan fingerprint density at radius 3 is 2.71 bits per heavy atom. The Morgan fingerprint density at radius 1 is 1.13 bits per heavy atom. The van der Waals surface area contributed by atoms with Crippen molar-refractivity contribution in [1.29, 1.82) is 0 Å². The third-order valence-corrected chi connectivity index (χ3v) is 6.62. The van der Waals surface area contributed by atoms with Crippen LogP contribution in [0.1, 0.15) is 28.0 Å². The number of anilines is 1. The van der Waals surface area contributed by atoms with Crippen molar-refractivity contribution in [3.63, 3.8) is 0 Å². The highest BCUT2D eigenvalue weighted by Crippen LogP contribution is 2.30. The topological polar surface area (TPSA) is 143 Å². The molecule has 1 saturated heterocycles. The van der Waals surface area contributed by atoms with Gasteiger partial charge in [0.25, 0.3) is 11.8 Å². The van der Waals surface area contributed by atoms with Gasteiger partial charge in [0.2, 0.25) is 0 Å². The van der Waals surface area contributed by atoms with Crippen molar-refractivity contribution in [2.75, 3.05) is 39.2 Å². The molecule has 1 fully saturated rings. The van der Waals surface area contributed by atoms with Gasteiger partial charge >= 0.3 is 5.97 Å². The summed E-state index contributed by atoms with van der Waals surface area (Å²) in [5, 5.41) is 22.7. The number of amides is 1. The number of methoxy groups -OCH3 is 2. The number of aromatic amines is 1. The number of carbonyl (C=O) groups excluding carboxylic acids is 1. The van der Waals surface area contributed by atoms with Crippen LogP contribution in [0.4, 0.5) is 5.82 Å². The van der Waals surface area contributed by atoms with Gasteiger partial charge in [-0.25, -0.2) is 0 Å². The number of aromatic nitrogens is 4. The summed E-state index contributed by atoms with van der Waals surface area (Å²) in [6.07, 6.45) is 1.25. The monoisotopic (exact) mass is 516 g/mol. The molecule has 11 heteroatoms. The molecule has 0 spiro atoms. The molecular formula is C27H28N6O5. The highest BCUT2D eigenvalue weighted by Gasteiger charge is 2.29. The number of imidazole rings is 1. The number of rotatable bonds is 9. The first-order valence-corrected chi connectivity index (χ1v) is 12.2. The maximum Gasteiger partial charge on any atom is 0.322 e. The Balaban J connectivity index is 1.56. The van der Waals surface area contributed by atoms with Crippen LogP contribution in [-0.4, -0.2) is 82.0 Å². The van der Waals surface area contributed by atoms with Gasteiger partial charge in [0.1, 0.15) is 12.2 Å². The third kappa shape index (κ3) is 5.14. The number of hydrogen-bond acceptors (Lipinski definition) is 8. The molecule has 38 heavy (non-hydrogen) atoms. The van der Waals surface area contributed by atoms with Gasteiger partial charge in [0.15, 0.2) is 17.3 Å². The van der Waals surface area contributed by atoms with Gasteiger partial charge in [-0.05, 0) is 34.4 Å². The van der Waals surface area contributed by atoms with E-state index >= 15 is 0 Å². The van der Waals surface area contributed by atoms with E-state index in [4.69, 9.17) is 14.6 Å². The molecule has 0 aliphatic carbocycles. The third-order valence-electron chi connectivity index (χ3n) is 6.62.